The van der Waals surface area contributed by atoms with Gasteiger partial charge in [-0.3, -0.25) is 19.3 Å². The van der Waals surface area contributed by atoms with E-state index in [-0.39, 0.29) is 34.5 Å². The second-order valence-electron chi connectivity index (χ2n) is 9.81. The minimum Gasteiger partial charge on any atom is -0.367 e. The Bertz CT molecular complexity index is 1500. The number of carbonyl (C=O) groups excluding carboxylic acids is 2. The van der Waals surface area contributed by atoms with E-state index >= 15 is 4.39 Å². The first-order valence-electron chi connectivity index (χ1n) is 12.6. The molecule has 3 N–H and O–H groups in total. The number of rotatable bonds is 6. The summed E-state index contributed by atoms with van der Waals surface area (Å²) in [5, 5.41) is 4.93. The molecule has 3 aromatic rings. The summed E-state index contributed by atoms with van der Waals surface area (Å²) in [5.74, 6) is -3.14. The van der Waals surface area contributed by atoms with E-state index in [1.165, 1.54) is 31.3 Å². The summed E-state index contributed by atoms with van der Waals surface area (Å²) in [6.45, 7) is 4.97. The summed E-state index contributed by atoms with van der Waals surface area (Å²) in [5.41, 5.74) is -1.74. The molecule has 1 aromatic heterocycles. The number of benzene rings is 2. The molecule has 8 nitrogen and oxygen atoms in total. The highest BCUT2D eigenvalue weighted by molar-refractivity contribution is 6.07. The van der Waals surface area contributed by atoms with E-state index in [1.807, 2.05) is 25.8 Å². The molecule has 0 bridgehead atoms. The van der Waals surface area contributed by atoms with Gasteiger partial charge in [0.1, 0.15) is 11.6 Å². The molecule has 1 saturated heterocycles. The summed E-state index contributed by atoms with van der Waals surface area (Å²) in [6, 6.07) is 6.87. The quantitative estimate of drug-likeness (QED) is 0.389. The van der Waals surface area contributed by atoms with Crippen molar-refractivity contribution < 1.29 is 27.2 Å². The lowest BCUT2D eigenvalue weighted by Gasteiger charge is -2.44. The molecule has 0 radical (unpaired) electrons. The van der Waals surface area contributed by atoms with Gasteiger partial charge in [-0.05, 0) is 50.7 Å². The first-order valence-corrected chi connectivity index (χ1v) is 12.6. The molecular formula is C28H29F4N5O3. The average Bonchev–Trinajstić information content (AvgIpc) is 2.91. The molecule has 2 atom stereocenters. The van der Waals surface area contributed by atoms with E-state index in [9.17, 15) is 27.6 Å². The molecule has 2 heterocycles. The summed E-state index contributed by atoms with van der Waals surface area (Å²) in [7, 11) is 3.31. The third-order valence-corrected chi connectivity index (χ3v) is 7.22. The SMILES string of the molecule is CNC(=O)c1cc(-c2cc(NC(=O)c3c[nH]c(=O)cc3C(F)F)c(N3C[C@@H](C)N(C)[C@@H](C)C3)cc2F)ccc1F. The molecule has 212 valence electrons. The Balaban J connectivity index is 1.84. The molecule has 0 spiro atoms. The number of hydrogen-bond acceptors (Lipinski definition) is 5. The number of carbonyl (C=O) groups is 2. The number of amides is 2. The van der Waals surface area contributed by atoms with Crippen LogP contribution in [0.25, 0.3) is 11.1 Å². The zero-order valence-corrected chi connectivity index (χ0v) is 22.3. The van der Waals surface area contributed by atoms with Gasteiger partial charge in [0.2, 0.25) is 5.56 Å². The number of aromatic nitrogens is 1. The monoisotopic (exact) mass is 559 g/mol. The Hall–Kier alpha value is -4.19. The highest BCUT2D eigenvalue weighted by Crippen LogP contribution is 2.37. The first-order chi connectivity index (χ1) is 18.9. The van der Waals surface area contributed by atoms with E-state index in [4.69, 9.17) is 0 Å². The van der Waals surface area contributed by atoms with Crippen LogP contribution in [0.2, 0.25) is 0 Å². The minimum absolute atomic E-state index is 0.0463. The Morgan fingerprint density at radius 3 is 2.27 bits per heavy atom. The number of likely N-dealkylation sites (N-methyl/N-ethyl adjacent to an activating group) is 1. The van der Waals surface area contributed by atoms with Gasteiger partial charge in [-0.1, -0.05) is 6.07 Å². The van der Waals surface area contributed by atoms with Crippen molar-refractivity contribution in [3.63, 3.8) is 0 Å². The maximum absolute atomic E-state index is 15.6. The fourth-order valence-electron chi connectivity index (χ4n) is 4.80. The van der Waals surface area contributed by atoms with Crippen LogP contribution in [0, 0.1) is 11.6 Å². The van der Waals surface area contributed by atoms with Crippen LogP contribution in [-0.4, -0.2) is 61.0 Å². The number of piperazine rings is 1. The van der Waals surface area contributed by atoms with Crippen molar-refractivity contribution in [2.45, 2.75) is 32.4 Å². The molecule has 12 heteroatoms. The first kappa shape index (κ1) is 28.8. The third-order valence-electron chi connectivity index (χ3n) is 7.22. The summed E-state index contributed by atoms with van der Waals surface area (Å²) < 4.78 is 57.2. The zero-order chi connectivity index (χ0) is 29.3. The van der Waals surface area contributed by atoms with Crippen LogP contribution in [0.3, 0.4) is 0 Å². The van der Waals surface area contributed by atoms with E-state index in [0.717, 1.165) is 12.3 Å². The standard InChI is InChI=1S/C28H29F4N5O3/c1-14-12-37(13-15(2)36(14)4)24-10-22(30)17(16-5-6-21(29)19(7-16)27(39)33-3)8-23(24)35-28(40)20-11-34-25(38)9-18(20)26(31)32/h5-11,14-15,26H,12-13H2,1-4H3,(H,33,39)(H,34,38)(H,35,40)/t14-,15+. The van der Waals surface area contributed by atoms with Gasteiger partial charge < -0.3 is 20.5 Å². The number of anilines is 2. The molecule has 1 fully saturated rings. The normalized spacial score (nSPS) is 17.7. The molecule has 0 saturated carbocycles. The Morgan fingerprint density at radius 1 is 0.975 bits per heavy atom. The molecule has 2 aromatic carbocycles. The largest absolute Gasteiger partial charge is 0.367 e. The second-order valence-corrected chi connectivity index (χ2v) is 9.81. The predicted molar refractivity (Wildman–Crippen MR) is 144 cm³/mol. The van der Waals surface area contributed by atoms with E-state index < -0.39 is 46.6 Å². The van der Waals surface area contributed by atoms with Gasteiger partial charge in [0, 0.05) is 55.6 Å². The number of hydrogen-bond donors (Lipinski definition) is 3. The topological polar surface area (TPSA) is 97.5 Å². The average molecular weight is 560 g/mol. The van der Waals surface area contributed by atoms with E-state index in [1.54, 1.807) is 0 Å². The van der Waals surface area contributed by atoms with Crippen molar-refractivity contribution >= 4 is 23.2 Å². The lowest BCUT2D eigenvalue weighted by molar-refractivity contribution is 0.0958. The highest BCUT2D eigenvalue weighted by atomic mass is 19.3. The van der Waals surface area contributed by atoms with Crippen LogP contribution in [0.15, 0.2) is 47.4 Å². The maximum Gasteiger partial charge on any atom is 0.264 e. The van der Waals surface area contributed by atoms with Crippen LogP contribution in [0.1, 0.15) is 46.6 Å². The summed E-state index contributed by atoms with van der Waals surface area (Å²) in [4.78, 5) is 43.3. The molecule has 1 aliphatic heterocycles. The molecular weight excluding hydrogens is 530 g/mol. The molecule has 2 amide bonds. The van der Waals surface area contributed by atoms with Gasteiger partial charge in [0.15, 0.2) is 0 Å². The number of aromatic amines is 1. The van der Waals surface area contributed by atoms with Gasteiger partial charge in [0.25, 0.3) is 18.2 Å². The fraction of sp³-hybridized carbons (Fsp3) is 0.321. The predicted octanol–water partition coefficient (Wildman–Crippen LogP) is 4.40. The number of alkyl halides is 2. The van der Waals surface area contributed by atoms with Gasteiger partial charge >= 0.3 is 0 Å². The Labute approximate surface area is 228 Å². The van der Waals surface area contributed by atoms with Crippen molar-refractivity contribution in [3.05, 3.63) is 81.3 Å². The van der Waals surface area contributed by atoms with Crippen LogP contribution in [-0.2, 0) is 0 Å². The summed E-state index contributed by atoms with van der Waals surface area (Å²) >= 11 is 0. The smallest absolute Gasteiger partial charge is 0.264 e. The van der Waals surface area contributed by atoms with Gasteiger partial charge in [0.05, 0.1) is 22.5 Å². The van der Waals surface area contributed by atoms with Crippen molar-refractivity contribution in [1.29, 1.82) is 0 Å². The zero-order valence-electron chi connectivity index (χ0n) is 22.3. The van der Waals surface area contributed by atoms with Crippen LogP contribution in [0.5, 0.6) is 0 Å². The molecule has 1 aliphatic rings. The van der Waals surface area contributed by atoms with Crippen molar-refractivity contribution in [3.8, 4) is 11.1 Å². The molecule has 40 heavy (non-hydrogen) atoms. The number of halogens is 4. The lowest BCUT2D eigenvalue weighted by atomic mass is 9.99. The van der Waals surface area contributed by atoms with E-state index in [2.05, 4.69) is 20.5 Å². The van der Waals surface area contributed by atoms with Crippen LogP contribution in [0.4, 0.5) is 28.9 Å². The van der Waals surface area contributed by atoms with Crippen molar-refractivity contribution in [1.82, 2.24) is 15.2 Å². The maximum atomic E-state index is 15.6. The molecule has 4 rings (SSSR count). The summed E-state index contributed by atoms with van der Waals surface area (Å²) in [6.07, 6.45) is -2.19. The van der Waals surface area contributed by atoms with Crippen molar-refractivity contribution in [2.75, 3.05) is 37.4 Å². The Morgan fingerprint density at radius 2 is 1.65 bits per heavy atom. The van der Waals surface area contributed by atoms with E-state index in [0.29, 0.717) is 24.8 Å². The molecule has 0 aliphatic carbocycles. The molecule has 0 unspecified atom stereocenters. The number of nitrogens with one attached hydrogen (secondary N) is 3. The lowest BCUT2D eigenvalue weighted by Crippen LogP contribution is -2.55. The second kappa shape index (κ2) is 11.5. The number of pyridine rings is 1. The third kappa shape index (κ3) is 5.71. The fourth-order valence-corrected chi connectivity index (χ4v) is 4.80. The van der Waals surface area contributed by atoms with Gasteiger partial charge in [-0.2, -0.15) is 0 Å². The van der Waals surface area contributed by atoms with Crippen LogP contribution < -0.4 is 21.1 Å². The van der Waals surface area contributed by atoms with Gasteiger partial charge in [-0.15, -0.1) is 0 Å². The minimum atomic E-state index is -3.09. The number of nitrogens with zero attached hydrogens (tertiary/aromatic N) is 2. The van der Waals surface area contributed by atoms with Crippen LogP contribution >= 0.6 is 0 Å². The number of H-pyrrole nitrogens is 1. The highest BCUT2D eigenvalue weighted by Gasteiger charge is 2.30. The van der Waals surface area contributed by atoms with Gasteiger partial charge in [-0.25, -0.2) is 17.6 Å². The Kier molecular flexibility index (Phi) is 8.29. The van der Waals surface area contributed by atoms with Crippen molar-refractivity contribution in [2.24, 2.45) is 0 Å².